The van der Waals surface area contributed by atoms with Crippen LogP contribution in [0.3, 0.4) is 0 Å². The minimum atomic E-state index is 0.233. The number of hydrogen-bond acceptors (Lipinski definition) is 2. The lowest BCUT2D eigenvalue weighted by Gasteiger charge is -2.21. The molecule has 1 fully saturated rings. The molecule has 0 bridgehead atoms. The van der Waals surface area contributed by atoms with Crippen molar-refractivity contribution in [2.24, 2.45) is 0 Å². The van der Waals surface area contributed by atoms with Gasteiger partial charge in [-0.2, -0.15) is 0 Å². The van der Waals surface area contributed by atoms with Gasteiger partial charge < -0.3 is 4.90 Å². The smallest absolute Gasteiger partial charge is 0.235 e. The molecule has 0 aliphatic carbocycles. The fraction of sp³-hybridized carbons (Fsp3) is 0.889. The van der Waals surface area contributed by atoms with Gasteiger partial charge in [-0.25, -0.2) is 0 Å². The summed E-state index contributed by atoms with van der Waals surface area (Å²) in [6.45, 7) is 2.86. The maximum Gasteiger partial charge on any atom is 0.235 e. The van der Waals surface area contributed by atoms with E-state index in [-0.39, 0.29) is 5.25 Å². The van der Waals surface area contributed by atoms with E-state index in [0.29, 0.717) is 10.7 Å². The summed E-state index contributed by atoms with van der Waals surface area (Å²) in [5, 5.41) is 0.233. The zero-order valence-corrected chi connectivity index (χ0v) is 10.5. The van der Waals surface area contributed by atoms with E-state index in [1.54, 1.807) is 11.8 Å². The molecule has 0 spiro atoms. The first-order valence-electron chi connectivity index (χ1n) is 4.62. The predicted octanol–water partition coefficient (Wildman–Crippen LogP) is 2.12. The molecule has 0 N–H and O–H groups in total. The molecular weight excluding hydrogens is 250 g/mol. The Morgan fingerprint density at radius 1 is 1.77 bits per heavy atom. The SMILES string of the molecule is CC(Br)CN(C)C(=O)C1CCCS1. The van der Waals surface area contributed by atoms with Gasteiger partial charge in [-0.05, 0) is 18.6 Å². The normalized spacial score (nSPS) is 24.4. The molecule has 0 aromatic heterocycles. The van der Waals surface area contributed by atoms with E-state index in [1.165, 1.54) is 6.42 Å². The van der Waals surface area contributed by atoms with E-state index >= 15 is 0 Å². The molecule has 2 nitrogen and oxygen atoms in total. The average molecular weight is 266 g/mol. The molecule has 0 aromatic carbocycles. The molecule has 1 saturated heterocycles. The lowest BCUT2D eigenvalue weighted by atomic mass is 10.2. The third-order valence-electron chi connectivity index (χ3n) is 2.11. The van der Waals surface area contributed by atoms with E-state index in [0.717, 1.165) is 18.7 Å². The van der Waals surface area contributed by atoms with Gasteiger partial charge in [0.25, 0.3) is 0 Å². The van der Waals surface area contributed by atoms with Crippen LogP contribution in [0.1, 0.15) is 19.8 Å². The highest BCUT2D eigenvalue weighted by Crippen LogP contribution is 2.27. The Bertz CT molecular complexity index is 180. The number of halogens is 1. The summed E-state index contributed by atoms with van der Waals surface area (Å²) in [4.78, 5) is 14.0. The van der Waals surface area contributed by atoms with Crippen molar-refractivity contribution in [1.82, 2.24) is 4.90 Å². The summed E-state index contributed by atoms with van der Waals surface area (Å²) in [5.74, 6) is 1.45. The van der Waals surface area contributed by atoms with Gasteiger partial charge in [-0.1, -0.05) is 22.9 Å². The fourth-order valence-electron chi connectivity index (χ4n) is 1.49. The third kappa shape index (κ3) is 3.50. The van der Waals surface area contributed by atoms with Crippen LogP contribution in [0, 0.1) is 0 Å². The molecule has 0 aromatic rings. The second-order valence-corrected chi connectivity index (χ2v) is 6.37. The summed E-state index contributed by atoms with van der Waals surface area (Å²) in [6, 6.07) is 0. The standard InChI is InChI=1S/C9H16BrNOS/c1-7(10)6-11(2)9(12)8-4-3-5-13-8/h7-8H,3-6H2,1-2H3. The summed E-state index contributed by atoms with van der Waals surface area (Å²) >= 11 is 5.25. The van der Waals surface area contributed by atoms with Crippen molar-refractivity contribution in [3.8, 4) is 0 Å². The summed E-state index contributed by atoms with van der Waals surface area (Å²) < 4.78 is 0. The fourth-order valence-corrected chi connectivity index (χ4v) is 3.19. The molecule has 2 atom stereocenters. The van der Waals surface area contributed by atoms with Crippen LogP contribution in [-0.2, 0) is 4.79 Å². The van der Waals surface area contributed by atoms with Crippen LogP contribution in [0.4, 0.5) is 0 Å². The van der Waals surface area contributed by atoms with Gasteiger partial charge in [0.1, 0.15) is 0 Å². The third-order valence-corrected chi connectivity index (χ3v) is 3.76. The van der Waals surface area contributed by atoms with Gasteiger partial charge >= 0.3 is 0 Å². The Balaban J connectivity index is 2.36. The summed E-state index contributed by atoms with van der Waals surface area (Å²) in [6.07, 6.45) is 2.25. The van der Waals surface area contributed by atoms with Crippen LogP contribution in [0.25, 0.3) is 0 Å². The van der Waals surface area contributed by atoms with Crippen LogP contribution in [-0.4, -0.2) is 40.2 Å². The Labute approximate surface area is 92.6 Å². The Hall–Kier alpha value is 0.300. The first kappa shape index (κ1) is 11.4. The number of alkyl halides is 1. The highest BCUT2D eigenvalue weighted by atomic mass is 79.9. The first-order valence-corrected chi connectivity index (χ1v) is 6.58. The van der Waals surface area contributed by atoms with Gasteiger partial charge in [0, 0.05) is 18.4 Å². The predicted molar refractivity (Wildman–Crippen MR) is 61.5 cm³/mol. The van der Waals surface area contributed by atoms with E-state index in [9.17, 15) is 4.79 Å². The van der Waals surface area contributed by atoms with Crippen LogP contribution in [0.2, 0.25) is 0 Å². The van der Waals surface area contributed by atoms with E-state index in [2.05, 4.69) is 22.9 Å². The summed E-state index contributed by atoms with van der Waals surface area (Å²) in [7, 11) is 1.89. The number of thioether (sulfide) groups is 1. The van der Waals surface area contributed by atoms with Crippen LogP contribution < -0.4 is 0 Å². The van der Waals surface area contributed by atoms with Gasteiger partial charge in [0.15, 0.2) is 0 Å². The van der Waals surface area contributed by atoms with Crippen LogP contribution >= 0.6 is 27.7 Å². The van der Waals surface area contributed by atoms with Crippen molar-refractivity contribution >= 4 is 33.6 Å². The Kier molecular flexibility index (Phi) is 4.59. The number of rotatable bonds is 3. The Morgan fingerprint density at radius 3 is 2.92 bits per heavy atom. The maximum atomic E-state index is 11.8. The molecule has 1 heterocycles. The Morgan fingerprint density at radius 2 is 2.46 bits per heavy atom. The molecule has 0 radical (unpaired) electrons. The molecule has 1 rings (SSSR count). The number of hydrogen-bond donors (Lipinski definition) is 0. The molecular formula is C9H16BrNOS. The zero-order valence-electron chi connectivity index (χ0n) is 8.12. The monoisotopic (exact) mass is 265 g/mol. The lowest BCUT2D eigenvalue weighted by molar-refractivity contribution is -0.129. The minimum absolute atomic E-state index is 0.233. The van der Waals surface area contributed by atoms with Crippen molar-refractivity contribution in [3.63, 3.8) is 0 Å². The van der Waals surface area contributed by atoms with Crippen molar-refractivity contribution in [1.29, 1.82) is 0 Å². The average Bonchev–Trinajstić information content (AvgIpc) is 2.53. The van der Waals surface area contributed by atoms with Crippen molar-refractivity contribution in [2.45, 2.75) is 29.8 Å². The molecule has 76 valence electrons. The molecule has 0 saturated carbocycles. The van der Waals surface area contributed by atoms with Crippen LogP contribution in [0.15, 0.2) is 0 Å². The summed E-state index contributed by atoms with van der Waals surface area (Å²) in [5.41, 5.74) is 0. The van der Waals surface area contributed by atoms with Gasteiger partial charge in [0.05, 0.1) is 5.25 Å². The van der Waals surface area contributed by atoms with Crippen molar-refractivity contribution in [3.05, 3.63) is 0 Å². The number of carbonyl (C=O) groups excluding carboxylic acids is 1. The topological polar surface area (TPSA) is 20.3 Å². The second-order valence-electron chi connectivity index (χ2n) is 3.50. The molecule has 4 heteroatoms. The largest absolute Gasteiger partial charge is 0.344 e. The number of amides is 1. The van der Waals surface area contributed by atoms with Crippen molar-refractivity contribution < 1.29 is 4.79 Å². The van der Waals surface area contributed by atoms with E-state index in [1.807, 2.05) is 11.9 Å². The van der Waals surface area contributed by atoms with E-state index in [4.69, 9.17) is 0 Å². The zero-order chi connectivity index (χ0) is 9.84. The number of nitrogens with zero attached hydrogens (tertiary/aromatic N) is 1. The highest BCUT2D eigenvalue weighted by molar-refractivity contribution is 9.09. The quantitative estimate of drug-likeness (QED) is 0.729. The molecule has 2 unspecified atom stereocenters. The molecule has 1 aliphatic heterocycles. The molecule has 13 heavy (non-hydrogen) atoms. The first-order chi connectivity index (χ1) is 6.11. The van der Waals surface area contributed by atoms with Gasteiger partial charge in [0.2, 0.25) is 5.91 Å². The van der Waals surface area contributed by atoms with Gasteiger partial charge in [-0.3, -0.25) is 4.79 Å². The second kappa shape index (κ2) is 5.25. The lowest BCUT2D eigenvalue weighted by Crippen LogP contribution is -2.36. The number of carbonyl (C=O) groups is 1. The van der Waals surface area contributed by atoms with Crippen LogP contribution in [0.5, 0.6) is 0 Å². The highest BCUT2D eigenvalue weighted by Gasteiger charge is 2.26. The van der Waals surface area contributed by atoms with Gasteiger partial charge in [-0.15, -0.1) is 11.8 Å². The molecule has 1 aliphatic rings. The minimum Gasteiger partial charge on any atom is -0.344 e. The maximum absolute atomic E-state index is 11.8. The van der Waals surface area contributed by atoms with Crippen molar-refractivity contribution in [2.75, 3.05) is 19.3 Å². The molecule has 1 amide bonds. The van der Waals surface area contributed by atoms with E-state index < -0.39 is 0 Å².